The quantitative estimate of drug-likeness (QED) is 0.705. The van der Waals surface area contributed by atoms with E-state index in [1.165, 1.54) is 11.3 Å². The molecule has 25 heavy (non-hydrogen) atoms. The van der Waals surface area contributed by atoms with E-state index in [-0.39, 0.29) is 11.9 Å². The molecular formula is C17H22N6OS. The van der Waals surface area contributed by atoms with Crippen LogP contribution in [0.1, 0.15) is 37.6 Å². The van der Waals surface area contributed by atoms with E-state index in [4.69, 9.17) is 10.7 Å². The number of nitrogens with two attached hydrogens (primary N) is 1. The fourth-order valence-corrected chi connectivity index (χ4v) is 3.35. The van der Waals surface area contributed by atoms with Crippen molar-refractivity contribution < 1.29 is 4.79 Å². The van der Waals surface area contributed by atoms with E-state index < -0.39 is 0 Å². The lowest BCUT2D eigenvalue weighted by Gasteiger charge is -2.18. The van der Waals surface area contributed by atoms with Crippen molar-refractivity contribution in [3.8, 4) is 0 Å². The predicted molar refractivity (Wildman–Crippen MR) is 99.2 cm³/mol. The molecule has 0 bridgehead atoms. The minimum atomic E-state index is -0.369. The highest BCUT2D eigenvalue weighted by molar-refractivity contribution is 7.15. The van der Waals surface area contributed by atoms with Crippen LogP contribution >= 0.6 is 11.3 Å². The van der Waals surface area contributed by atoms with Crippen LogP contribution in [0.5, 0.6) is 0 Å². The third-order valence-corrected chi connectivity index (χ3v) is 4.68. The number of aromatic nitrogens is 4. The van der Waals surface area contributed by atoms with Crippen molar-refractivity contribution in [2.45, 2.75) is 39.8 Å². The Balaban J connectivity index is 1.84. The lowest BCUT2D eigenvalue weighted by atomic mass is 10.1. The maximum atomic E-state index is 12.7. The van der Waals surface area contributed by atoms with Gasteiger partial charge in [0, 0.05) is 6.42 Å². The van der Waals surface area contributed by atoms with E-state index >= 15 is 0 Å². The Morgan fingerprint density at radius 1 is 1.28 bits per heavy atom. The van der Waals surface area contributed by atoms with Gasteiger partial charge >= 0.3 is 0 Å². The SMILES string of the molecule is CC(C)Cc1nc2ccccc2n1[C@H](C)C(=O)NCc1nnc(N)s1. The van der Waals surface area contributed by atoms with E-state index in [0.29, 0.717) is 22.6 Å². The van der Waals surface area contributed by atoms with Gasteiger partial charge in [0.05, 0.1) is 17.6 Å². The number of nitrogens with zero attached hydrogens (tertiary/aromatic N) is 4. The number of benzene rings is 1. The third-order valence-electron chi connectivity index (χ3n) is 3.92. The lowest BCUT2D eigenvalue weighted by molar-refractivity contribution is -0.124. The zero-order chi connectivity index (χ0) is 18.0. The summed E-state index contributed by atoms with van der Waals surface area (Å²) in [7, 11) is 0. The maximum absolute atomic E-state index is 12.7. The number of carbonyl (C=O) groups excluding carboxylic acids is 1. The molecule has 0 spiro atoms. The molecule has 7 nitrogen and oxygen atoms in total. The number of nitrogen functional groups attached to an aromatic ring is 1. The van der Waals surface area contributed by atoms with Crippen LogP contribution < -0.4 is 11.1 Å². The molecule has 0 saturated heterocycles. The molecule has 1 atom stereocenters. The second kappa shape index (κ2) is 7.18. The molecule has 0 saturated carbocycles. The summed E-state index contributed by atoms with van der Waals surface area (Å²) in [5.74, 6) is 1.30. The van der Waals surface area contributed by atoms with Crippen LogP contribution in [-0.2, 0) is 17.8 Å². The molecule has 0 aliphatic heterocycles. The zero-order valence-electron chi connectivity index (χ0n) is 14.6. The number of hydrogen-bond acceptors (Lipinski definition) is 6. The first-order valence-electron chi connectivity index (χ1n) is 8.27. The number of fused-ring (bicyclic) bond motifs is 1. The Morgan fingerprint density at radius 3 is 2.72 bits per heavy atom. The third kappa shape index (κ3) is 3.79. The number of hydrogen-bond donors (Lipinski definition) is 2. The van der Waals surface area contributed by atoms with Crippen molar-refractivity contribution in [2.24, 2.45) is 5.92 Å². The van der Waals surface area contributed by atoms with Gasteiger partial charge in [-0.25, -0.2) is 4.98 Å². The van der Waals surface area contributed by atoms with Gasteiger partial charge < -0.3 is 15.6 Å². The fraction of sp³-hybridized carbons (Fsp3) is 0.412. The van der Waals surface area contributed by atoms with Crippen LogP contribution in [0.3, 0.4) is 0 Å². The highest BCUT2D eigenvalue weighted by Crippen LogP contribution is 2.23. The number of rotatable bonds is 6. The molecule has 0 radical (unpaired) electrons. The highest BCUT2D eigenvalue weighted by atomic mass is 32.1. The lowest BCUT2D eigenvalue weighted by Crippen LogP contribution is -2.31. The zero-order valence-corrected chi connectivity index (χ0v) is 15.4. The number of carbonyl (C=O) groups is 1. The van der Waals surface area contributed by atoms with Crippen molar-refractivity contribution >= 4 is 33.4 Å². The van der Waals surface area contributed by atoms with Gasteiger partial charge in [0.25, 0.3) is 0 Å². The minimum absolute atomic E-state index is 0.0815. The Morgan fingerprint density at radius 2 is 2.04 bits per heavy atom. The van der Waals surface area contributed by atoms with Crippen LogP contribution in [0.2, 0.25) is 0 Å². The fourth-order valence-electron chi connectivity index (χ4n) is 2.80. The van der Waals surface area contributed by atoms with Crippen LogP contribution in [-0.4, -0.2) is 25.7 Å². The van der Waals surface area contributed by atoms with Crippen molar-refractivity contribution in [1.29, 1.82) is 0 Å². The normalized spacial score (nSPS) is 12.6. The topological polar surface area (TPSA) is 98.7 Å². The molecule has 132 valence electrons. The second-order valence-electron chi connectivity index (χ2n) is 6.41. The van der Waals surface area contributed by atoms with Gasteiger partial charge in [-0.05, 0) is 25.0 Å². The first-order valence-corrected chi connectivity index (χ1v) is 9.08. The smallest absolute Gasteiger partial charge is 0.243 e. The molecular weight excluding hydrogens is 336 g/mol. The average molecular weight is 358 g/mol. The Labute approximate surface area is 150 Å². The number of para-hydroxylation sites is 2. The molecule has 1 aromatic carbocycles. The van der Waals surface area contributed by atoms with E-state index in [1.54, 1.807) is 0 Å². The predicted octanol–water partition coefficient (Wildman–Crippen LogP) is 2.55. The minimum Gasteiger partial charge on any atom is -0.374 e. The molecule has 0 aliphatic carbocycles. The van der Waals surface area contributed by atoms with Gasteiger partial charge in [0.2, 0.25) is 11.0 Å². The molecule has 8 heteroatoms. The highest BCUT2D eigenvalue weighted by Gasteiger charge is 2.22. The number of anilines is 1. The largest absolute Gasteiger partial charge is 0.374 e. The number of imidazole rings is 1. The first-order chi connectivity index (χ1) is 12.0. The molecule has 3 N–H and O–H groups in total. The van der Waals surface area contributed by atoms with Crippen LogP contribution in [0.4, 0.5) is 5.13 Å². The molecule has 3 aromatic rings. The summed E-state index contributed by atoms with van der Waals surface area (Å²) in [5.41, 5.74) is 7.46. The van der Waals surface area contributed by atoms with Crippen LogP contribution in [0.25, 0.3) is 11.0 Å². The molecule has 0 fully saturated rings. The van der Waals surface area contributed by atoms with Gasteiger partial charge in [0.1, 0.15) is 16.9 Å². The van der Waals surface area contributed by atoms with Gasteiger partial charge in [-0.1, -0.05) is 37.3 Å². The summed E-state index contributed by atoms with van der Waals surface area (Å²) >= 11 is 1.27. The maximum Gasteiger partial charge on any atom is 0.243 e. The molecule has 0 aliphatic rings. The summed E-state index contributed by atoms with van der Waals surface area (Å²) in [4.78, 5) is 17.4. The molecule has 2 heterocycles. The Bertz CT molecular complexity index is 884. The molecule has 2 aromatic heterocycles. The standard InChI is InChI=1S/C17H22N6OS/c1-10(2)8-14-20-12-6-4-5-7-13(12)23(14)11(3)16(24)19-9-15-21-22-17(18)25-15/h4-7,10-11H,8-9H2,1-3H3,(H2,18,22)(H,19,24)/t11-/m1/s1. The summed E-state index contributed by atoms with van der Waals surface area (Å²) in [6.45, 7) is 6.51. The van der Waals surface area contributed by atoms with Gasteiger partial charge in [-0.2, -0.15) is 0 Å². The second-order valence-corrected chi connectivity index (χ2v) is 7.51. The van der Waals surface area contributed by atoms with Crippen LogP contribution in [0.15, 0.2) is 24.3 Å². The summed E-state index contributed by atoms with van der Waals surface area (Å²) < 4.78 is 2.03. The monoisotopic (exact) mass is 358 g/mol. The van der Waals surface area contributed by atoms with Crippen molar-refractivity contribution in [3.05, 3.63) is 35.1 Å². The van der Waals surface area contributed by atoms with Gasteiger partial charge in [0.15, 0.2) is 0 Å². The summed E-state index contributed by atoms with van der Waals surface area (Å²) in [5, 5.41) is 11.7. The van der Waals surface area contributed by atoms with Gasteiger partial charge in [-0.15, -0.1) is 10.2 Å². The summed E-state index contributed by atoms with van der Waals surface area (Å²) in [6.07, 6.45) is 0.819. The summed E-state index contributed by atoms with van der Waals surface area (Å²) in [6, 6.07) is 7.54. The molecule has 1 amide bonds. The average Bonchev–Trinajstić information content (AvgIpc) is 3.14. The molecule has 0 unspecified atom stereocenters. The van der Waals surface area contributed by atoms with E-state index in [1.807, 2.05) is 35.8 Å². The van der Waals surface area contributed by atoms with E-state index in [9.17, 15) is 4.79 Å². The Kier molecular flexibility index (Phi) is 4.98. The number of nitrogens with one attached hydrogen (secondary N) is 1. The number of amides is 1. The first kappa shape index (κ1) is 17.3. The van der Waals surface area contributed by atoms with Crippen molar-refractivity contribution in [2.75, 3.05) is 5.73 Å². The van der Waals surface area contributed by atoms with Crippen LogP contribution in [0, 0.1) is 5.92 Å². The van der Waals surface area contributed by atoms with E-state index in [2.05, 4.69) is 29.4 Å². The van der Waals surface area contributed by atoms with Crippen molar-refractivity contribution in [3.63, 3.8) is 0 Å². The van der Waals surface area contributed by atoms with Crippen molar-refractivity contribution in [1.82, 2.24) is 25.1 Å². The van der Waals surface area contributed by atoms with Gasteiger partial charge in [-0.3, -0.25) is 4.79 Å². The molecule has 3 rings (SSSR count). The Hall–Kier alpha value is -2.48. The van der Waals surface area contributed by atoms with E-state index in [0.717, 1.165) is 23.3 Å².